The van der Waals surface area contributed by atoms with Gasteiger partial charge in [0.25, 0.3) is 0 Å². The van der Waals surface area contributed by atoms with E-state index < -0.39 is 0 Å². The van der Waals surface area contributed by atoms with Gasteiger partial charge in [-0.25, -0.2) is 0 Å². The molecule has 0 aliphatic rings. The Bertz CT molecular complexity index is 931. The van der Waals surface area contributed by atoms with E-state index in [1.165, 1.54) is 5.39 Å². The number of hydrogen-bond acceptors (Lipinski definition) is 5. The zero-order valence-corrected chi connectivity index (χ0v) is 13.0. The Morgan fingerprint density at radius 1 is 0.957 bits per heavy atom. The minimum Gasteiger partial charge on any atom is -0.264 e. The molecule has 0 saturated heterocycles. The molecule has 2 aromatic carbocycles. The number of nitrogens with zero attached hydrogens (tertiary/aromatic N) is 5. The molecule has 0 radical (unpaired) electrons. The number of thioether (sulfide) groups is 1. The molecule has 0 bridgehead atoms. The highest BCUT2D eigenvalue weighted by atomic mass is 32.2. The summed E-state index contributed by atoms with van der Waals surface area (Å²) in [6.45, 7) is 0. The van der Waals surface area contributed by atoms with Gasteiger partial charge in [-0.2, -0.15) is 4.68 Å². The number of pyridine rings is 1. The van der Waals surface area contributed by atoms with Gasteiger partial charge in [-0.3, -0.25) is 4.98 Å². The SMILES string of the molecule is c1cncc(CSc2nnnn2-c2cccc3ccccc23)c1. The number of hydrogen-bond donors (Lipinski definition) is 0. The molecular weight excluding hydrogens is 306 g/mol. The predicted molar refractivity (Wildman–Crippen MR) is 90.5 cm³/mol. The standard InChI is InChI=1S/C17H13N5S/c1-2-8-15-14(6-1)7-3-9-16(15)22-17(19-20-21-22)23-12-13-5-4-10-18-11-13/h1-11H,12H2. The highest BCUT2D eigenvalue weighted by Gasteiger charge is 2.11. The van der Waals surface area contributed by atoms with E-state index in [0.717, 1.165) is 27.5 Å². The fraction of sp³-hybridized carbons (Fsp3) is 0.0588. The molecule has 0 unspecified atom stereocenters. The summed E-state index contributed by atoms with van der Waals surface area (Å²) in [7, 11) is 0. The third kappa shape index (κ3) is 2.80. The van der Waals surface area contributed by atoms with Gasteiger partial charge in [-0.15, -0.1) is 5.10 Å². The minimum atomic E-state index is 0.769. The van der Waals surface area contributed by atoms with Crippen molar-refractivity contribution in [2.24, 2.45) is 0 Å². The molecule has 2 aromatic heterocycles. The molecule has 23 heavy (non-hydrogen) atoms. The third-order valence-electron chi connectivity index (χ3n) is 3.53. The van der Waals surface area contributed by atoms with Gasteiger partial charge in [-0.05, 0) is 33.5 Å². The van der Waals surface area contributed by atoms with Crippen molar-refractivity contribution in [2.45, 2.75) is 10.9 Å². The average Bonchev–Trinajstić information content (AvgIpc) is 3.09. The van der Waals surface area contributed by atoms with Crippen LogP contribution in [0.25, 0.3) is 16.5 Å². The van der Waals surface area contributed by atoms with E-state index in [-0.39, 0.29) is 0 Å². The van der Waals surface area contributed by atoms with E-state index in [1.54, 1.807) is 22.6 Å². The summed E-state index contributed by atoms with van der Waals surface area (Å²) < 4.78 is 1.80. The summed E-state index contributed by atoms with van der Waals surface area (Å²) in [6.07, 6.45) is 3.63. The van der Waals surface area contributed by atoms with E-state index in [0.29, 0.717) is 0 Å². The molecular formula is C17H13N5S. The Balaban J connectivity index is 1.69. The number of aromatic nitrogens is 5. The zero-order chi connectivity index (χ0) is 15.5. The molecule has 6 heteroatoms. The Hall–Kier alpha value is -2.73. The normalized spacial score (nSPS) is 11.0. The molecule has 0 aliphatic carbocycles. The second kappa shape index (κ2) is 6.18. The number of benzene rings is 2. The van der Waals surface area contributed by atoms with E-state index in [1.807, 2.05) is 42.6 Å². The summed E-state index contributed by atoms with van der Waals surface area (Å²) >= 11 is 1.60. The first-order valence-corrected chi connectivity index (χ1v) is 8.18. The van der Waals surface area contributed by atoms with Crippen LogP contribution in [0.15, 0.2) is 72.1 Å². The second-order valence-electron chi connectivity index (χ2n) is 5.02. The van der Waals surface area contributed by atoms with Gasteiger partial charge < -0.3 is 0 Å². The number of tetrazole rings is 1. The molecule has 0 amide bonds. The topological polar surface area (TPSA) is 56.5 Å². The van der Waals surface area contributed by atoms with Crippen LogP contribution in [0.4, 0.5) is 0 Å². The summed E-state index contributed by atoms with van der Waals surface area (Å²) in [6, 6.07) is 18.4. The number of fused-ring (bicyclic) bond motifs is 1. The molecule has 112 valence electrons. The summed E-state index contributed by atoms with van der Waals surface area (Å²) in [4.78, 5) is 4.13. The first-order valence-electron chi connectivity index (χ1n) is 7.20. The molecule has 4 rings (SSSR count). The van der Waals surface area contributed by atoms with Crippen molar-refractivity contribution in [1.29, 1.82) is 0 Å². The van der Waals surface area contributed by atoms with Crippen LogP contribution in [0.3, 0.4) is 0 Å². The maximum absolute atomic E-state index is 4.17. The average molecular weight is 319 g/mol. The summed E-state index contributed by atoms with van der Waals surface area (Å²) in [5.41, 5.74) is 2.13. The first kappa shape index (κ1) is 13.9. The van der Waals surface area contributed by atoms with Crippen LogP contribution in [0.1, 0.15) is 5.56 Å². The van der Waals surface area contributed by atoms with Crippen molar-refractivity contribution < 1.29 is 0 Å². The Morgan fingerprint density at radius 3 is 2.78 bits per heavy atom. The molecule has 0 atom stereocenters. The lowest BCUT2D eigenvalue weighted by atomic mass is 10.1. The van der Waals surface area contributed by atoms with Gasteiger partial charge in [0.05, 0.1) is 5.69 Å². The fourth-order valence-electron chi connectivity index (χ4n) is 2.44. The van der Waals surface area contributed by atoms with Crippen molar-refractivity contribution in [1.82, 2.24) is 25.2 Å². The van der Waals surface area contributed by atoms with Crippen LogP contribution in [0, 0.1) is 0 Å². The van der Waals surface area contributed by atoms with Crippen molar-refractivity contribution in [3.8, 4) is 5.69 Å². The zero-order valence-electron chi connectivity index (χ0n) is 12.2. The van der Waals surface area contributed by atoms with E-state index in [2.05, 4.69) is 38.7 Å². The maximum atomic E-state index is 4.17. The van der Waals surface area contributed by atoms with Gasteiger partial charge >= 0.3 is 0 Å². The third-order valence-corrected chi connectivity index (χ3v) is 4.52. The number of rotatable bonds is 4. The molecule has 0 fully saturated rings. The van der Waals surface area contributed by atoms with Gasteiger partial charge in [0.15, 0.2) is 0 Å². The van der Waals surface area contributed by atoms with Crippen LogP contribution in [-0.2, 0) is 5.75 Å². The van der Waals surface area contributed by atoms with Gasteiger partial charge in [-0.1, -0.05) is 54.2 Å². The molecule has 4 aromatic rings. The summed E-state index contributed by atoms with van der Waals surface area (Å²) in [5, 5.41) is 15.2. The lowest BCUT2D eigenvalue weighted by Gasteiger charge is -2.07. The monoisotopic (exact) mass is 319 g/mol. The van der Waals surface area contributed by atoms with Crippen LogP contribution in [-0.4, -0.2) is 25.2 Å². The fourth-order valence-corrected chi connectivity index (χ4v) is 3.26. The first-order chi connectivity index (χ1) is 11.4. The lowest BCUT2D eigenvalue weighted by Crippen LogP contribution is -2.00. The lowest BCUT2D eigenvalue weighted by molar-refractivity contribution is 0.761. The Kier molecular flexibility index (Phi) is 3.73. The predicted octanol–water partition coefficient (Wildman–Crippen LogP) is 3.50. The van der Waals surface area contributed by atoms with Gasteiger partial charge in [0.2, 0.25) is 5.16 Å². The van der Waals surface area contributed by atoms with Gasteiger partial charge in [0, 0.05) is 23.5 Å². The van der Waals surface area contributed by atoms with Crippen LogP contribution >= 0.6 is 11.8 Å². The maximum Gasteiger partial charge on any atom is 0.214 e. The Morgan fingerprint density at radius 2 is 1.87 bits per heavy atom. The Labute approximate surface area is 137 Å². The van der Waals surface area contributed by atoms with Gasteiger partial charge in [0.1, 0.15) is 0 Å². The molecule has 0 saturated carbocycles. The molecule has 0 N–H and O–H groups in total. The summed E-state index contributed by atoms with van der Waals surface area (Å²) in [5.74, 6) is 0.777. The van der Waals surface area contributed by atoms with Crippen molar-refractivity contribution in [2.75, 3.05) is 0 Å². The van der Waals surface area contributed by atoms with Crippen LogP contribution < -0.4 is 0 Å². The second-order valence-corrected chi connectivity index (χ2v) is 5.96. The highest BCUT2D eigenvalue weighted by molar-refractivity contribution is 7.98. The minimum absolute atomic E-state index is 0.769. The van der Waals surface area contributed by atoms with E-state index in [4.69, 9.17) is 0 Å². The van der Waals surface area contributed by atoms with Crippen molar-refractivity contribution in [3.63, 3.8) is 0 Å². The van der Waals surface area contributed by atoms with Crippen LogP contribution in [0.5, 0.6) is 0 Å². The molecule has 0 spiro atoms. The van der Waals surface area contributed by atoms with E-state index in [9.17, 15) is 0 Å². The van der Waals surface area contributed by atoms with E-state index >= 15 is 0 Å². The molecule has 0 aliphatic heterocycles. The molecule has 2 heterocycles. The van der Waals surface area contributed by atoms with Crippen molar-refractivity contribution in [3.05, 3.63) is 72.6 Å². The largest absolute Gasteiger partial charge is 0.264 e. The van der Waals surface area contributed by atoms with Crippen LogP contribution in [0.2, 0.25) is 0 Å². The smallest absolute Gasteiger partial charge is 0.214 e. The van der Waals surface area contributed by atoms with Crippen molar-refractivity contribution >= 4 is 22.5 Å². The molecule has 5 nitrogen and oxygen atoms in total. The quantitative estimate of drug-likeness (QED) is 0.539. The highest BCUT2D eigenvalue weighted by Crippen LogP contribution is 2.26.